The van der Waals surface area contributed by atoms with Gasteiger partial charge in [-0.05, 0) is 17.7 Å². The molecule has 0 aliphatic carbocycles. The maximum Gasteiger partial charge on any atom is 0.273 e. The van der Waals surface area contributed by atoms with Gasteiger partial charge in [0.25, 0.3) is 15.2 Å². The number of benzene rings is 1. The molecule has 1 aromatic carbocycles. The minimum atomic E-state index is -3.98. The van der Waals surface area contributed by atoms with Crippen molar-refractivity contribution in [1.82, 2.24) is 14.8 Å². The lowest BCUT2D eigenvalue weighted by molar-refractivity contribution is 0.183. The Hall–Kier alpha value is -1.84. The molecule has 2 aromatic rings. The molecule has 0 saturated carbocycles. The number of ether oxygens (including phenoxy) is 1. The zero-order valence-corrected chi connectivity index (χ0v) is 12.2. The molecule has 2 rings (SSSR count). The minimum Gasteiger partial charge on any atom is -0.383 e. The van der Waals surface area contributed by atoms with E-state index in [0.717, 1.165) is 0 Å². The lowest BCUT2D eigenvalue weighted by atomic mass is 10.1. The van der Waals surface area contributed by atoms with Crippen LogP contribution in [0.1, 0.15) is 11.4 Å². The van der Waals surface area contributed by atoms with E-state index >= 15 is 0 Å². The number of nitrogens with zero attached hydrogens (tertiary/aromatic N) is 3. The standard InChI is InChI=1S/C12H15FN4O3S/c1-20-6-5-17-11(15-16-12(17)21(14,18)19)8-9-3-2-4-10(13)7-9/h2-4,7H,5-6,8H2,1H3,(H2,14,18,19). The van der Waals surface area contributed by atoms with Gasteiger partial charge in [-0.3, -0.25) is 4.57 Å². The number of hydrogen-bond acceptors (Lipinski definition) is 5. The molecule has 2 N–H and O–H groups in total. The first-order chi connectivity index (χ1) is 9.91. The van der Waals surface area contributed by atoms with Crippen LogP contribution < -0.4 is 5.14 Å². The summed E-state index contributed by atoms with van der Waals surface area (Å²) in [5.74, 6) is 0.00352. The van der Waals surface area contributed by atoms with Crippen LogP contribution in [0.25, 0.3) is 0 Å². The Kier molecular flexibility index (Phi) is 4.66. The number of sulfonamides is 1. The molecule has 7 nitrogen and oxygen atoms in total. The minimum absolute atomic E-state index is 0.236. The molecule has 0 amide bonds. The Labute approximate surface area is 121 Å². The maximum atomic E-state index is 13.2. The molecule has 0 aliphatic rings. The Bertz CT molecular complexity index is 730. The first kappa shape index (κ1) is 15.5. The zero-order valence-electron chi connectivity index (χ0n) is 11.4. The van der Waals surface area contributed by atoms with Crippen LogP contribution in [-0.2, 0) is 27.7 Å². The molecule has 1 aromatic heterocycles. The van der Waals surface area contributed by atoms with Gasteiger partial charge in [-0.25, -0.2) is 17.9 Å². The van der Waals surface area contributed by atoms with Crippen LogP contribution in [0, 0.1) is 5.82 Å². The molecular weight excluding hydrogens is 299 g/mol. The van der Waals surface area contributed by atoms with E-state index in [9.17, 15) is 12.8 Å². The quantitative estimate of drug-likeness (QED) is 0.826. The van der Waals surface area contributed by atoms with E-state index in [-0.39, 0.29) is 30.5 Å². The molecule has 114 valence electrons. The van der Waals surface area contributed by atoms with E-state index < -0.39 is 10.0 Å². The summed E-state index contributed by atoms with van der Waals surface area (Å²) in [4.78, 5) is 0. The summed E-state index contributed by atoms with van der Waals surface area (Å²) in [6.45, 7) is 0.511. The van der Waals surface area contributed by atoms with Gasteiger partial charge >= 0.3 is 0 Å². The Balaban J connectivity index is 2.37. The second-order valence-corrected chi connectivity index (χ2v) is 5.85. The third kappa shape index (κ3) is 3.84. The highest BCUT2D eigenvalue weighted by Crippen LogP contribution is 2.13. The van der Waals surface area contributed by atoms with Gasteiger partial charge in [0.2, 0.25) is 0 Å². The van der Waals surface area contributed by atoms with E-state index in [4.69, 9.17) is 9.88 Å². The summed E-state index contributed by atoms with van der Waals surface area (Å²) in [6.07, 6.45) is 0.240. The van der Waals surface area contributed by atoms with Gasteiger partial charge in [0.15, 0.2) is 0 Å². The van der Waals surface area contributed by atoms with Crippen molar-refractivity contribution in [3.8, 4) is 0 Å². The maximum absolute atomic E-state index is 13.2. The van der Waals surface area contributed by atoms with Gasteiger partial charge in [-0.15, -0.1) is 10.2 Å². The van der Waals surface area contributed by atoms with E-state index in [2.05, 4.69) is 10.2 Å². The highest BCUT2D eigenvalue weighted by molar-refractivity contribution is 7.89. The number of aromatic nitrogens is 3. The van der Waals surface area contributed by atoms with Crippen molar-refractivity contribution in [2.24, 2.45) is 5.14 Å². The number of methoxy groups -OCH3 is 1. The van der Waals surface area contributed by atoms with E-state index in [1.165, 1.54) is 23.8 Å². The molecule has 0 bridgehead atoms. The van der Waals surface area contributed by atoms with Crippen LogP contribution >= 0.6 is 0 Å². The summed E-state index contributed by atoms with van der Waals surface area (Å²) >= 11 is 0. The van der Waals surface area contributed by atoms with Crippen molar-refractivity contribution in [3.63, 3.8) is 0 Å². The van der Waals surface area contributed by atoms with Crippen LogP contribution in [0.5, 0.6) is 0 Å². The average molecular weight is 314 g/mol. The Morgan fingerprint density at radius 1 is 1.38 bits per heavy atom. The molecule has 0 atom stereocenters. The second-order valence-electron chi connectivity index (χ2n) is 4.39. The Morgan fingerprint density at radius 2 is 2.14 bits per heavy atom. The molecule has 1 heterocycles. The number of halogens is 1. The molecule has 0 unspecified atom stereocenters. The summed E-state index contributed by atoms with van der Waals surface area (Å²) in [5.41, 5.74) is 0.655. The topological polar surface area (TPSA) is 100 Å². The van der Waals surface area contributed by atoms with Crippen molar-refractivity contribution in [1.29, 1.82) is 0 Å². The van der Waals surface area contributed by atoms with E-state index in [0.29, 0.717) is 11.4 Å². The smallest absolute Gasteiger partial charge is 0.273 e. The first-order valence-corrected chi connectivity index (χ1v) is 7.64. The van der Waals surface area contributed by atoms with Crippen LogP contribution in [0.4, 0.5) is 4.39 Å². The highest BCUT2D eigenvalue weighted by Gasteiger charge is 2.21. The largest absolute Gasteiger partial charge is 0.383 e. The summed E-state index contributed by atoms with van der Waals surface area (Å²) in [7, 11) is -2.49. The van der Waals surface area contributed by atoms with Gasteiger partial charge in [0.1, 0.15) is 11.6 Å². The van der Waals surface area contributed by atoms with Crippen molar-refractivity contribution in [3.05, 3.63) is 41.5 Å². The summed E-state index contributed by atoms with van der Waals surface area (Å²) < 4.78 is 42.5. The molecule has 0 saturated heterocycles. The number of rotatable bonds is 6. The average Bonchev–Trinajstić information content (AvgIpc) is 2.79. The highest BCUT2D eigenvalue weighted by atomic mass is 32.2. The fourth-order valence-electron chi connectivity index (χ4n) is 1.90. The SMILES string of the molecule is COCCn1c(Cc2cccc(F)c2)nnc1S(N)(=O)=O. The fourth-order valence-corrected chi connectivity index (χ4v) is 2.56. The lowest BCUT2D eigenvalue weighted by Gasteiger charge is -2.08. The molecular formula is C12H15FN4O3S. The van der Waals surface area contributed by atoms with E-state index in [1.54, 1.807) is 12.1 Å². The summed E-state index contributed by atoms with van der Waals surface area (Å²) in [5, 5.41) is 12.2. The first-order valence-electron chi connectivity index (χ1n) is 6.10. The number of primary sulfonamides is 1. The van der Waals surface area contributed by atoms with Crippen LogP contribution in [0.2, 0.25) is 0 Å². The van der Waals surface area contributed by atoms with Crippen molar-refractivity contribution >= 4 is 10.0 Å². The predicted octanol–water partition coefficient (Wildman–Crippen LogP) is 0.302. The molecule has 0 spiro atoms. The van der Waals surface area contributed by atoms with E-state index in [1.807, 2.05) is 0 Å². The molecule has 0 fully saturated rings. The van der Waals surface area contributed by atoms with Crippen molar-refractivity contribution in [2.75, 3.05) is 13.7 Å². The predicted molar refractivity (Wildman–Crippen MR) is 72.5 cm³/mol. The van der Waals surface area contributed by atoms with Gasteiger partial charge in [0, 0.05) is 20.1 Å². The monoisotopic (exact) mass is 314 g/mol. The fraction of sp³-hybridized carbons (Fsp3) is 0.333. The van der Waals surface area contributed by atoms with Crippen molar-refractivity contribution in [2.45, 2.75) is 18.1 Å². The normalized spacial score (nSPS) is 11.8. The number of nitrogens with two attached hydrogens (primary N) is 1. The molecule has 21 heavy (non-hydrogen) atoms. The molecule has 9 heteroatoms. The van der Waals surface area contributed by atoms with Gasteiger partial charge < -0.3 is 4.74 Å². The number of hydrogen-bond donors (Lipinski definition) is 1. The van der Waals surface area contributed by atoms with Crippen molar-refractivity contribution < 1.29 is 17.5 Å². The van der Waals surface area contributed by atoms with Crippen LogP contribution in [0.3, 0.4) is 0 Å². The lowest BCUT2D eigenvalue weighted by Crippen LogP contribution is -2.21. The zero-order chi connectivity index (χ0) is 15.5. The van der Waals surface area contributed by atoms with Gasteiger partial charge in [-0.2, -0.15) is 0 Å². The Morgan fingerprint density at radius 3 is 2.76 bits per heavy atom. The third-order valence-corrected chi connectivity index (χ3v) is 3.63. The van der Waals surface area contributed by atoms with Gasteiger partial charge in [-0.1, -0.05) is 12.1 Å². The third-order valence-electron chi connectivity index (χ3n) is 2.82. The summed E-state index contributed by atoms with van der Waals surface area (Å²) in [6, 6.07) is 5.97. The van der Waals surface area contributed by atoms with Crippen LogP contribution in [-0.4, -0.2) is 36.9 Å². The van der Waals surface area contributed by atoms with Crippen LogP contribution in [0.15, 0.2) is 29.4 Å². The second kappa shape index (κ2) is 6.29. The molecule has 0 aliphatic heterocycles. The molecule has 0 radical (unpaired) electrons. The van der Waals surface area contributed by atoms with Gasteiger partial charge in [0.05, 0.1) is 6.61 Å².